The lowest BCUT2D eigenvalue weighted by atomic mass is 10.1. The summed E-state index contributed by atoms with van der Waals surface area (Å²) < 4.78 is 5.39. The van der Waals surface area contributed by atoms with E-state index in [0.29, 0.717) is 19.5 Å². The topological polar surface area (TPSA) is 41.6 Å². The first-order chi connectivity index (χ1) is 14.3. The van der Waals surface area contributed by atoms with E-state index in [1.54, 1.807) is 7.11 Å². The fraction of sp³-hybridized carbons (Fsp3) is 0.240. The van der Waals surface area contributed by atoms with Gasteiger partial charge in [0.05, 0.1) is 13.7 Å². The van der Waals surface area contributed by atoms with Gasteiger partial charge in [0.25, 0.3) is 0 Å². The average Bonchev–Trinajstić information content (AvgIpc) is 2.78. The van der Waals surface area contributed by atoms with Crippen LogP contribution in [-0.2, 0) is 17.8 Å². The third-order valence-electron chi connectivity index (χ3n) is 4.83. The third kappa shape index (κ3) is 6.19. The first kappa shape index (κ1) is 20.6. The van der Waals surface area contributed by atoms with Crippen molar-refractivity contribution in [2.75, 3.05) is 25.1 Å². The highest BCUT2D eigenvalue weighted by Crippen LogP contribution is 2.19. The second kappa shape index (κ2) is 11.0. The molecule has 0 spiro atoms. The van der Waals surface area contributed by atoms with E-state index in [-0.39, 0.29) is 5.91 Å². The monoisotopic (exact) mass is 388 g/mol. The minimum Gasteiger partial charge on any atom is -0.496 e. The van der Waals surface area contributed by atoms with Gasteiger partial charge in [-0.3, -0.25) is 4.79 Å². The number of nitrogens with one attached hydrogen (secondary N) is 1. The van der Waals surface area contributed by atoms with Gasteiger partial charge in [-0.25, -0.2) is 0 Å². The van der Waals surface area contributed by atoms with Gasteiger partial charge in [0.1, 0.15) is 5.75 Å². The van der Waals surface area contributed by atoms with Gasteiger partial charge in [-0.15, -0.1) is 0 Å². The number of ether oxygens (including phenoxy) is 1. The Bertz CT molecular complexity index is 882. The normalized spacial score (nSPS) is 10.5. The number of hydrogen-bond donors (Lipinski definition) is 1. The molecule has 0 aromatic heterocycles. The van der Waals surface area contributed by atoms with Gasteiger partial charge in [0, 0.05) is 18.7 Å². The Morgan fingerprint density at radius 1 is 0.862 bits per heavy atom. The van der Waals surface area contributed by atoms with Crippen LogP contribution in [0.15, 0.2) is 84.9 Å². The van der Waals surface area contributed by atoms with Crippen molar-refractivity contribution in [3.05, 3.63) is 96.1 Å². The number of benzene rings is 3. The smallest absolute Gasteiger partial charge is 0.228 e. The first-order valence-electron chi connectivity index (χ1n) is 10.00. The second-order valence-electron chi connectivity index (χ2n) is 6.86. The fourth-order valence-electron chi connectivity index (χ4n) is 3.29. The van der Waals surface area contributed by atoms with Gasteiger partial charge in [-0.1, -0.05) is 66.7 Å². The molecular formula is C25H28N2O2. The van der Waals surface area contributed by atoms with Crippen LogP contribution in [0.4, 0.5) is 5.69 Å². The number of anilines is 1. The number of carbonyl (C=O) groups excluding carboxylic acids is 1. The number of carbonyl (C=O) groups is 1. The van der Waals surface area contributed by atoms with E-state index >= 15 is 0 Å². The summed E-state index contributed by atoms with van der Waals surface area (Å²) in [6, 6.07) is 28.0. The van der Waals surface area contributed by atoms with E-state index in [1.165, 1.54) is 5.56 Å². The molecule has 0 aliphatic carbocycles. The molecule has 3 aromatic carbocycles. The van der Waals surface area contributed by atoms with Crippen LogP contribution in [0.2, 0.25) is 0 Å². The number of amides is 1. The van der Waals surface area contributed by atoms with Crippen LogP contribution >= 0.6 is 0 Å². The molecule has 3 aromatic rings. The third-order valence-corrected chi connectivity index (χ3v) is 4.83. The molecule has 0 saturated carbocycles. The molecule has 150 valence electrons. The van der Waals surface area contributed by atoms with Gasteiger partial charge < -0.3 is 15.0 Å². The summed E-state index contributed by atoms with van der Waals surface area (Å²) in [6.07, 6.45) is 1.32. The van der Waals surface area contributed by atoms with Crippen molar-refractivity contribution >= 4 is 11.6 Å². The van der Waals surface area contributed by atoms with Gasteiger partial charge in [0.2, 0.25) is 5.91 Å². The Balaban J connectivity index is 1.53. The van der Waals surface area contributed by atoms with E-state index in [1.807, 2.05) is 71.6 Å². The Hall–Kier alpha value is -3.11. The summed E-state index contributed by atoms with van der Waals surface area (Å²) >= 11 is 0. The summed E-state index contributed by atoms with van der Waals surface area (Å²) in [5.41, 5.74) is 3.22. The van der Waals surface area contributed by atoms with Crippen molar-refractivity contribution < 1.29 is 9.53 Å². The lowest BCUT2D eigenvalue weighted by Gasteiger charge is -2.23. The minimum absolute atomic E-state index is 0.116. The number of rotatable bonds is 10. The molecule has 1 N–H and O–H groups in total. The van der Waals surface area contributed by atoms with E-state index in [2.05, 4.69) is 23.5 Å². The summed E-state index contributed by atoms with van der Waals surface area (Å²) in [5, 5.41) is 3.38. The van der Waals surface area contributed by atoms with Crippen molar-refractivity contribution in [1.29, 1.82) is 0 Å². The molecule has 3 rings (SSSR count). The van der Waals surface area contributed by atoms with Crippen molar-refractivity contribution in [3.63, 3.8) is 0 Å². The quantitative estimate of drug-likeness (QED) is 0.522. The highest BCUT2D eigenvalue weighted by molar-refractivity contribution is 5.93. The van der Waals surface area contributed by atoms with E-state index in [9.17, 15) is 4.79 Å². The highest BCUT2D eigenvalue weighted by Gasteiger charge is 2.15. The molecule has 0 bridgehead atoms. The van der Waals surface area contributed by atoms with Crippen molar-refractivity contribution in [3.8, 4) is 5.75 Å². The van der Waals surface area contributed by atoms with Crippen LogP contribution < -0.4 is 15.0 Å². The maximum Gasteiger partial charge on any atom is 0.228 e. The van der Waals surface area contributed by atoms with Gasteiger partial charge >= 0.3 is 0 Å². The molecule has 0 aliphatic rings. The Morgan fingerprint density at radius 3 is 2.24 bits per heavy atom. The van der Waals surface area contributed by atoms with E-state index < -0.39 is 0 Å². The van der Waals surface area contributed by atoms with Crippen molar-refractivity contribution in [2.45, 2.75) is 19.4 Å². The largest absolute Gasteiger partial charge is 0.496 e. The van der Waals surface area contributed by atoms with Crippen molar-refractivity contribution in [1.82, 2.24) is 5.32 Å². The molecule has 1 amide bonds. The number of nitrogens with zero attached hydrogens (tertiary/aromatic N) is 1. The van der Waals surface area contributed by atoms with Crippen LogP contribution in [0.1, 0.15) is 17.5 Å². The zero-order valence-electron chi connectivity index (χ0n) is 16.9. The molecular weight excluding hydrogens is 360 g/mol. The molecule has 4 nitrogen and oxygen atoms in total. The summed E-state index contributed by atoms with van der Waals surface area (Å²) in [4.78, 5) is 14.8. The Morgan fingerprint density at radius 2 is 1.52 bits per heavy atom. The standard InChI is InChI=1S/C25H28N2O2/c1-29-24-15-9-8-12-22(24)16-18-26-19-17-25(28)27(23-13-6-3-7-14-23)20-21-10-4-2-5-11-21/h2-15,26H,16-20H2,1H3. The summed E-state index contributed by atoms with van der Waals surface area (Å²) in [6.45, 7) is 2.02. The predicted octanol–water partition coefficient (Wildman–Crippen LogP) is 4.45. The lowest BCUT2D eigenvalue weighted by molar-refractivity contribution is -0.118. The molecule has 29 heavy (non-hydrogen) atoms. The fourth-order valence-corrected chi connectivity index (χ4v) is 3.29. The summed E-state index contributed by atoms with van der Waals surface area (Å²) in [7, 11) is 1.69. The zero-order valence-corrected chi connectivity index (χ0v) is 16.9. The molecule has 0 saturated heterocycles. The number of para-hydroxylation sites is 2. The summed E-state index contributed by atoms with van der Waals surface area (Å²) in [5.74, 6) is 1.02. The van der Waals surface area contributed by atoms with E-state index in [0.717, 1.165) is 30.0 Å². The molecule has 0 fully saturated rings. The average molecular weight is 389 g/mol. The molecule has 0 unspecified atom stereocenters. The van der Waals surface area contributed by atoms with Crippen LogP contribution in [-0.4, -0.2) is 26.1 Å². The molecule has 0 radical (unpaired) electrons. The Kier molecular flexibility index (Phi) is 7.84. The van der Waals surface area contributed by atoms with Gasteiger partial charge in [-0.2, -0.15) is 0 Å². The number of methoxy groups -OCH3 is 1. The van der Waals surface area contributed by atoms with Crippen LogP contribution in [0, 0.1) is 0 Å². The maximum absolute atomic E-state index is 12.9. The van der Waals surface area contributed by atoms with Crippen molar-refractivity contribution in [2.24, 2.45) is 0 Å². The lowest BCUT2D eigenvalue weighted by Crippen LogP contribution is -2.33. The molecule has 0 aliphatic heterocycles. The maximum atomic E-state index is 12.9. The predicted molar refractivity (Wildman–Crippen MR) is 118 cm³/mol. The SMILES string of the molecule is COc1ccccc1CCNCCC(=O)N(Cc1ccccc1)c1ccccc1. The number of hydrogen-bond acceptors (Lipinski definition) is 3. The zero-order chi connectivity index (χ0) is 20.3. The van der Waals surface area contributed by atoms with Crippen LogP contribution in [0.3, 0.4) is 0 Å². The first-order valence-corrected chi connectivity index (χ1v) is 10.00. The highest BCUT2D eigenvalue weighted by atomic mass is 16.5. The molecule has 4 heteroatoms. The minimum atomic E-state index is 0.116. The van der Waals surface area contributed by atoms with Gasteiger partial charge in [0.15, 0.2) is 0 Å². The second-order valence-corrected chi connectivity index (χ2v) is 6.86. The molecule has 0 heterocycles. The Labute approximate surface area is 173 Å². The van der Waals surface area contributed by atoms with Gasteiger partial charge in [-0.05, 0) is 42.3 Å². The van der Waals surface area contributed by atoms with E-state index in [4.69, 9.17) is 4.74 Å². The van der Waals surface area contributed by atoms with Crippen LogP contribution in [0.5, 0.6) is 5.75 Å². The molecule has 0 atom stereocenters. The van der Waals surface area contributed by atoms with Crippen LogP contribution in [0.25, 0.3) is 0 Å².